The highest BCUT2D eigenvalue weighted by Gasteiger charge is 2.40. The van der Waals surface area contributed by atoms with E-state index in [1.54, 1.807) is 12.3 Å². The minimum Gasteiger partial charge on any atom is -0.469 e. The van der Waals surface area contributed by atoms with Gasteiger partial charge in [-0.05, 0) is 32.4 Å². The molecule has 2 fully saturated rings. The van der Waals surface area contributed by atoms with Crippen LogP contribution in [-0.2, 0) is 4.74 Å². The predicted molar refractivity (Wildman–Crippen MR) is 83.9 cm³/mol. The van der Waals surface area contributed by atoms with Crippen molar-refractivity contribution in [3.05, 3.63) is 23.7 Å². The maximum atomic E-state index is 12.8. The molecule has 5 nitrogen and oxygen atoms in total. The summed E-state index contributed by atoms with van der Waals surface area (Å²) in [6.45, 7) is 10.3. The summed E-state index contributed by atoms with van der Waals surface area (Å²) in [7, 11) is 0. The molecule has 3 heterocycles. The fraction of sp³-hybridized carbons (Fsp3) is 0.706. The summed E-state index contributed by atoms with van der Waals surface area (Å²) in [5.74, 6) is 0.801. The van der Waals surface area contributed by atoms with Crippen LogP contribution in [0.2, 0.25) is 0 Å². The second kappa shape index (κ2) is 6.42. The highest BCUT2D eigenvalue weighted by molar-refractivity contribution is 5.95. The van der Waals surface area contributed by atoms with Crippen LogP contribution < -0.4 is 0 Å². The Kier molecular flexibility index (Phi) is 4.54. The molecule has 122 valence electrons. The Morgan fingerprint density at radius 3 is 2.95 bits per heavy atom. The Morgan fingerprint density at radius 2 is 2.23 bits per heavy atom. The lowest BCUT2D eigenvalue weighted by Gasteiger charge is -2.43. The Bertz CT molecular complexity index is 528. The molecule has 0 saturated carbocycles. The molecule has 22 heavy (non-hydrogen) atoms. The number of hydrogen-bond acceptors (Lipinski definition) is 4. The van der Waals surface area contributed by atoms with Gasteiger partial charge in [0, 0.05) is 31.6 Å². The second-order valence-corrected chi connectivity index (χ2v) is 6.64. The maximum Gasteiger partial charge on any atom is 0.257 e. The van der Waals surface area contributed by atoms with Gasteiger partial charge in [-0.25, -0.2) is 0 Å². The first-order chi connectivity index (χ1) is 10.6. The van der Waals surface area contributed by atoms with Crippen LogP contribution in [-0.4, -0.2) is 61.6 Å². The van der Waals surface area contributed by atoms with Gasteiger partial charge >= 0.3 is 0 Å². The van der Waals surface area contributed by atoms with Gasteiger partial charge in [0.2, 0.25) is 0 Å². The van der Waals surface area contributed by atoms with Crippen molar-refractivity contribution in [2.24, 2.45) is 5.41 Å². The molecule has 0 aromatic carbocycles. The van der Waals surface area contributed by atoms with Gasteiger partial charge in [0.1, 0.15) is 5.76 Å². The third kappa shape index (κ3) is 3.06. The number of nitrogens with zero attached hydrogens (tertiary/aromatic N) is 2. The average molecular weight is 306 g/mol. The highest BCUT2D eigenvalue weighted by atomic mass is 16.5. The van der Waals surface area contributed by atoms with Gasteiger partial charge in [-0.1, -0.05) is 6.92 Å². The van der Waals surface area contributed by atoms with Crippen molar-refractivity contribution >= 4 is 5.91 Å². The van der Waals surface area contributed by atoms with E-state index in [0.717, 1.165) is 58.8 Å². The minimum absolute atomic E-state index is 0.0814. The number of ether oxygens (including phenoxy) is 1. The van der Waals surface area contributed by atoms with Crippen LogP contribution >= 0.6 is 0 Å². The first kappa shape index (κ1) is 15.6. The lowest BCUT2D eigenvalue weighted by atomic mass is 9.80. The molecule has 2 saturated heterocycles. The molecule has 1 aromatic heterocycles. The molecule has 1 atom stereocenters. The van der Waals surface area contributed by atoms with Crippen molar-refractivity contribution in [2.75, 3.05) is 45.9 Å². The second-order valence-electron chi connectivity index (χ2n) is 6.64. The third-order valence-corrected chi connectivity index (χ3v) is 5.00. The maximum absolute atomic E-state index is 12.8. The fourth-order valence-corrected chi connectivity index (χ4v) is 3.76. The largest absolute Gasteiger partial charge is 0.469 e. The number of likely N-dealkylation sites (N-methyl/N-ethyl adjacent to an activating group) is 1. The van der Waals surface area contributed by atoms with Crippen LogP contribution in [0.25, 0.3) is 0 Å². The summed E-state index contributed by atoms with van der Waals surface area (Å²) < 4.78 is 11.2. The standard InChI is InChI=1S/C17H26N2O3/c1-3-18-8-10-21-13-17(11-18)6-4-7-19(12-17)16(20)15-5-9-22-14(15)2/h5,9H,3-4,6-8,10-13H2,1-2H3. The van der Waals surface area contributed by atoms with Crippen LogP contribution in [0.1, 0.15) is 35.9 Å². The Balaban J connectivity index is 1.75. The number of amides is 1. The van der Waals surface area contributed by atoms with Gasteiger partial charge < -0.3 is 19.0 Å². The van der Waals surface area contributed by atoms with E-state index in [2.05, 4.69) is 11.8 Å². The quantitative estimate of drug-likeness (QED) is 0.840. The zero-order valence-corrected chi connectivity index (χ0v) is 13.6. The molecule has 0 aliphatic carbocycles. The van der Waals surface area contributed by atoms with Gasteiger partial charge in [0.25, 0.3) is 5.91 Å². The van der Waals surface area contributed by atoms with E-state index in [4.69, 9.17) is 9.15 Å². The smallest absolute Gasteiger partial charge is 0.257 e. The van der Waals surface area contributed by atoms with E-state index in [1.165, 1.54) is 0 Å². The molecule has 1 aromatic rings. The van der Waals surface area contributed by atoms with Crippen molar-refractivity contribution in [2.45, 2.75) is 26.7 Å². The molecule has 1 unspecified atom stereocenters. The molecular weight excluding hydrogens is 280 g/mol. The molecule has 1 amide bonds. The number of hydrogen-bond donors (Lipinski definition) is 0. The highest BCUT2D eigenvalue weighted by Crippen LogP contribution is 2.33. The van der Waals surface area contributed by atoms with Gasteiger partial charge in [0.05, 0.1) is 25.0 Å². The van der Waals surface area contributed by atoms with Crippen LogP contribution in [0.15, 0.2) is 16.7 Å². The summed E-state index contributed by atoms with van der Waals surface area (Å²) in [6.07, 6.45) is 3.77. The number of aryl methyl sites for hydroxylation is 1. The summed E-state index contributed by atoms with van der Waals surface area (Å²) >= 11 is 0. The zero-order chi connectivity index (χ0) is 15.6. The van der Waals surface area contributed by atoms with Crippen LogP contribution in [0.5, 0.6) is 0 Å². The first-order valence-corrected chi connectivity index (χ1v) is 8.27. The number of furan rings is 1. The number of carbonyl (C=O) groups excluding carboxylic acids is 1. The van der Waals surface area contributed by atoms with Crippen molar-refractivity contribution in [3.8, 4) is 0 Å². The van der Waals surface area contributed by atoms with E-state index in [0.29, 0.717) is 11.3 Å². The summed E-state index contributed by atoms with van der Waals surface area (Å²) in [5.41, 5.74) is 0.775. The van der Waals surface area contributed by atoms with Gasteiger partial charge in [0.15, 0.2) is 0 Å². The van der Waals surface area contributed by atoms with E-state index in [9.17, 15) is 4.79 Å². The Hall–Kier alpha value is -1.33. The lowest BCUT2D eigenvalue weighted by molar-refractivity contribution is 0.00760. The molecular formula is C17H26N2O3. The topological polar surface area (TPSA) is 45.9 Å². The van der Waals surface area contributed by atoms with Gasteiger partial charge in [-0.3, -0.25) is 4.79 Å². The number of carbonyl (C=O) groups is 1. The number of likely N-dealkylation sites (tertiary alicyclic amines) is 1. The fourth-order valence-electron chi connectivity index (χ4n) is 3.76. The molecule has 1 spiro atoms. The van der Waals surface area contributed by atoms with Gasteiger partial charge in [-0.15, -0.1) is 0 Å². The zero-order valence-electron chi connectivity index (χ0n) is 13.6. The number of piperidine rings is 1. The Labute approximate surface area is 132 Å². The normalized spacial score (nSPS) is 27.1. The third-order valence-electron chi connectivity index (χ3n) is 5.00. The molecule has 5 heteroatoms. The van der Waals surface area contributed by atoms with Crippen LogP contribution in [0.3, 0.4) is 0 Å². The van der Waals surface area contributed by atoms with Gasteiger partial charge in [-0.2, -0.15) is 0 Å². The van der Waals surface area contributed by atoms with Crippen molar-refractivity contribution < 1.29 is 13.9 Å². The molecule has 0 radical (unpaired) electrons. The van der Waals surface area contributed by atoms with Crippen LogP contribution in [0.4, 0.5) is 0 Å². The monoisotopic (exact) mass is 306 g/mol. The lowest BCUT2D eigenvalue weighted by Crippen LogP contribution is -2.52. The molecule has 0 N–H and O–H groups in total. The molecule has 2 aliphatic rings. The van der Waals surface area contributed by atoms with E-state index in [1.807, 2.05) is 11.8 Å². The van der Waals surface area contributed by atoms with E-state index < -0.39 is 0 Å². The molecule has 0 bridgehead atoms. The molecule has 3 rings (SSSR count). The summed E-state index contributed by atoms with van der Waals surface area (Å²) in [6, 6.07) is 1.78. The molecule has 2 aliphatic heterocycles. The van der Waals surface area contributed by atoms with E-state index >= 15 is 0 Å². The summed E-state index contributed by atoms with van der Waals surface area (Å²) in [4.78, 5) is 17.2. The van der Waals surface area contributed by atoms with E-state index in [-0.39, 0.29) is 11.3 Å². The SMILES string of the molecule is CCN1CCOCC2(CCCN(C(=O)c3ccoc3C)C2)C1. The van der Waals surface area contributed by atoms with Crippen molar-refractivity contribution in [1.29, 1.82) is 0 Å². The Morgan fingerprint density at radius 1 is 1.36 bits per heavy atom. The minimum atomic E-state index is 0.0814. The first-order valence-electron chi connectivity index (χ1n) is 8.27. The van der Waals surface area contributed by atoms with Crippen molar-refractivity contribution in [3.63, 3.8) is 0 Å². The van der Waals surface area contributed by atoms with Crippen molar-refractivity contribution in [1.82, 2.24) is 9.80 Å². The van der Waals surface area contributed by atoms with Crippen LogP contribution in [0, 0.1) is 12.3 Å². The number of rotatable bonds is 2. The summed E-state index contributed by atoms with van der Waals surface area (Å²) in [5, 5.41) is 0. The average Bonchev–Trinajstić information content (AvgIpc) is 2.86. The predicted octanol–water partition coefficient (Wildman–Crippen LogP) is 2.16.